The van der Waals surface area contributed by atoms with Crippen molar-refractivity contribution in [3.63, 3.8) is 0 Å². The smallest absolute Gasteiger partial charge is 0.277 e. The van der Waals surface area contributed by atoms with E-state index in [0.29, 0.717) is 21.8 Å². The number of rotatable bonds is 6. The molecule has 0 saturated heterocycles. The topological polar surface area (TPSA) is 86.7 Å². The molecule has 7 heteroatoms. The number of carbonyl (C=O) groups is 3. The van der Waals surface area contributed by atoms with Gasteiger partial charge in [0.15, 0.2) is 5.78 Å². The monoisotopic (exact) mass is 370 g/mol. The van der Waals surface area contributed by atoms with E-state index in [1.54, 1.807) is 48.5 Å². The number of β-amino-alcohol motifs (C(OH)–C–C–N with tert-alkyl or cyclic N) is 1. The third-order valence-electron chi connectivity index (χ3n) is 3.88. The first-order valence-electron chi connectivity index (χ1n) is 7.86. The molecule has 6 nitrogen and oxygen atoms in total. The molecule has 3 rings (SSSR count). The van der Waals surface area contributed by atoms with Crippen molar-refractivity contribution in [2.75, 3.05) is 18.5 Å². The normalized spacial score (nSPS) is 13.8. The lowest BCUT2D eigenvalue weighted by Gasteiger charge is -2.15. The second-order valence-corrected chi connectivity index (χ2v) is 6.02. The van der Waals surface area contributed by atoms with Gasteiger partial charge in [-0.15, -0.1) is 0 Å². The minimum atomic E-state index is -0.544. The van der Waals surface area contributed by atoms with E-state index in [0.717, 1.165) is 11.0 Å². The molecule has 26 heavy (non-hydrogen) atoms. The fraction of sp³-hybridized carbons (Fsp3) is 0.105. The molecule has 132 valence electrons. The summed E-state index contributed by atoms with van der Waals surface area (Å²) in [6, 6.07) is 13.2. The number of imide groups is 1. The van der Waals surface area contributed by atoms with E-state index in [4.69, 9.17) is 16.7 Å². The number of aliphatic hydroxyl groups excluding tert-OH is 1. The van der Waals surface area contributed by atoms with Gasteiger partial charge in [0.25, 0.3) is 11.8 Å². The zero-order valence-corrected chi connectivity index (χ0v) is 14.4. The van der Waals surface area contributed by atoms with Gasteiger partial charge >= 0.3 is 0 Å². The Balaban J connectivity index is 1.88. The summed E-state index contributed by atoms with van der Waals surface area (Å²) in [5, 5.41) is 12.3. The minimum absolute atomic E-state index is 0.0554. The maximum atomic E-state index is 12.8. The van der Waals surface area contributed by atoms with E-state index in [1.807, 2.05) is 0 Å². The summed E-state index contributed by atoms with van der Waals surface area (Å²) in [6.45, 7) is -0.394. The number of para-hydroxylation sites is 1. The van der Waals surface area contributed by atoms with E-state index in [2.05, 4.69) is 5.32 Å². The summed E-state index contributed by atoms with van der Waals surface area (Å²) >= 11 is 5.85. The van der Waals surface area contributed by atoms with Crippen LogP contribution >= 0.6 is 11.6 Å². The second kappa shape index (κ2) is 7.51. The Kier molecular flexibility index (Phi) is 5.16. The fourth-order valence-corrected chi connectivity index (χ4v) is 2.73. The summed E-state index contributed by atoms with van der Waals surface area (Å²) in [5.41, 5.74) is 1.27. The Morgan fingerprint density at radius 1 is 1.08 bits per heavy atom. The maximum absolute atomic E-state index is 12.8. The number of ketones is 1. The molecule has 0 atom stereocenters. The zero-order valence-electron chi connectivity index (χ0n) is 13.6. The Labute approximate surface area is 154 Å². The average Bonchev–Trinajstić information content (AvgIpc) is 2.90. The van der Waals surface area contributed by atoms with Gasteiger partial charge in [0.2, 0.25) is 0 Å². The van der Waals surface area contributed by atoms with Gasteiger partial charge in [0.05, 0.1) is 13.2 Å². The predicted octanol–water partition coefficient (Wildman–Crippen LogP) is 2.23. The highest BCUT2D eigenvalue weighted by atomic mass is 35.5. The molecule has 1 aliphatic rings. The number of hydrogen-bond acceptors (Lipinski definition) is 5. The van der Waals surface area contributed by atoms with Crippen LogP contribution in [0.2, 0.25) is 5.02 Å². The quantitative estimate of drug-likeness (QED) is 0.601. The number of aliphatic hydroxyl groups is 1. The van der Waals surface area contributed by atoms with Crippen molar-refractivity contribution in [1.29, 1.82) is 0 Å². The van der Waals surface area contributed by atoms with Crippen molar-refractivity contribution in [3.05, 3.63) is 76.5 Å². The molecule has 0 unspecified atom stereocenters. The third kappa shape index (κ3) is 3.51. The molecule has 2 aromatic carbocycles. The van der Waals surface area contributed by atoms with Crippen molar-refractivity contribution in [3.8, 4) is 0 Å². The molecule has 0 fully saturated rings. The Bertz CT molecular complexity index is 906. The van der Waals surface area contributed by atoms with Gasteiger partial charge in [-0.1, -0.05) is 23.7 Å². The van der Waals surface area contributed by atoms with Gasteiger partial charge in [0, 0.05) is 27.9 Å². The first-order chi connectivity index (χ1) is 12.5. The Morgan fingerprint density at radius 3 is 2.46 bits per heavy atom. The molecule has 2 N–H and O–H groups in total. The number of benzene rings is 2. The number of nitrogens with zero attached hydrogens (tertiary/aromatic N) is 1. The van der Waals surface area contributed by atoms with E-state index in [9.17, 15) is 14.4 Å². The second-order valence-electron chi connectivity index (χ2n) is 5.58. The zero-order chi connectivity index (χ0) is 18.7. The number of carbonyl (C=O) groups excluding carboxylic acids is 3. The summed E-state index contributed by atoms with van der Waals surface area (Å²) in [7, 11) is 0. The van der Waals surface area contributed by atoms with Gasteiger partial charge < -0.3 is 10.4 Å². The van der Waals surface area contributed by atoms with E-state index in [-0.39, 0.29) is 24.6 Å². The highest BCUT2D eigenvalue weighted by Crippen LogP contribution is 2.23. The summed E-state index contributed by atoms with van der Waals surface area (Å²) in [4.78, 5) is 37.8. The molecular formula is C19H15ClN2O4. The van der Waals surface area contributed by atoms with Crippen molar-refractivity contribution in [1.82, 2.24) is 4.90 Å². The van der Waals surface area contributed by atoms with Gasteiger partial charge in [-0.2, -0.15) is 0 Å². The van der Waals surface area contributed by atoms with Gasteiger partial charge in [-0.3, -0.25) is 19.3 Å². The number of hydrogen-bond donors (Lipinski definition) is 2. The van der Waals surface area contributed by atoms with Gasteiger partial charge in [-0.25, -0.2) is 0 Å². The molecule has 1 heterocycles. The summed E-state index contributed by atoms with van der Waals surface area (Å²) in [6.07, 6.45) is 1.15. The molecule has 0 aromatic heterocycles. The van der Waals surface area contributed by atoms with Crippen LogP contribution < -0.4 is 5.32 Å². The molecule has 0 radical (unpaired) electrons. The van der Waals surface area contributed by atoms with Crippen molar-refractivity contribution < 1.29 is 19.5 Å². The first-order valence-corrected chi connectivity index (χ1v) is 8.24. The van der Waals surface area contributed by atoms with Crippen LogP contribution in [0.15, 0.2) is 60.3 Å². The first kappa shape index (κ1) is 17.8. The minimum Gasteiger partial charge on any atom is -0.395 e. The summed E-state index contributed by atoms with van der Waals surface area (Å²) in [5.74, 6) is -1.29. The molecule has 2 amide bonds. The predicted molar refractivity (Wildman–Crippen MR) is 96.8 cm³/mol. The van der Waals surface area contributed by atoms with E-state index < -0.39 is 11.8 Å². The lowest BCUT2D eigenvalue weighted by Crippen LogP contribution is -2.34. The van der Waals surface area contributed by atoms with E-state index in [1.165, 1.54) is 0 Å². The van der Waals surface area contributed by atoms with Crippen LogP contribution in [0.25, 0.3) is 0 Å². The van der Waals surface area contributed by atoms with Crippen LogP contribution in [-0.4, -0.2) is 40.8 Å². The standard InChI is InChI=1S/C19H15ClN2O4/c20-13-7-5-12(6-8-13)18(25)14-3-1-2-4-15(14)21-16-11-17(24)22(9-10-23)19(16)26/h1-8,11,21,23H,9-10H2. The Hall–Kier alpha value is -2.96. The number of nitrogens with one attached hydrogen (secondary N) is 1. The molecule has 0 bridgehead atoms. The molecule has 0 aliphatic carbocycles. The number of anilines is 1. The van der Waals surface area contributed by atoms with Crippen molar-refractivity contribution >= 4 is 34.9 Å². The van der Waals surface area contributed by atoms with Crippen LogP contribution in [0.5, 0.6) is 0 Å². The van der Waals surface area contributed by atoms with Crippen LogP contribution in [0, 0.1) is 0 Å². The average molecular weight is 371 g/mol. The van der Waals surface area contributed by atoms with E-state index >= 15 is 0 Å². The van der Waals surface area contributed by atoms with Gasteiger partial charge in [-0.05, 0) is 36.4 Å². The molecular weight excluding hydrogens is 356 g/mol. The van der Waals surface area contributed by atoms with Gasteiger partial charge in [0.1, 0.15) is 5.70 Å². The summed E-state index contributed by atoms with van der Waals surface area (Å²) < 4.78 is 0. The number of amides is 2. The van der Waals surface area contributed by atoms with Crippen molar-refractivity contribution in [2.45, 2.75) is 0 Å². The SMILES string of the molecule is O=C(c1ccc(Cl)cc1)c1ccccc1NC1=CC(=O)N(CCO)C1=O. The lowest BCUT2D eigenvalue weighted by molar-refractivity contribution is -0.137. The van der Waals surface area contributed by atoms with Crippen LogP contribution in [-0.2, 0) is 9.59 Å². The molecule has 1 aliphatic heterocycles. The highest BCUT2D eigenvalue weighted by Gasteiger charge is 2.31. The largest absolute Gasteiger partial charge is 0.395 e. The Morgan fingerprint density at radius 2 is 1.77 bits per heavy atom. The maximum Gasteiger partial charge on any atom is 0.277 e. The molecule has 0 spiro atoms. The van der Waals surface area contributed by atoms with Crippen molar-refractivity contribution in [2.24, 2.45) is 0 Å². The van der Waals surface area contributed by atoms with Crippen LogP contribution in [0.3, 0.4) is 0 Å². The van der Waals surface area contributed by atoms with Crippen LogP contribution in [0.4, 0.5) is 5.69 Å². The molecule has 0 saturated carbocycles. The fourth-order valence-electron chi connectivity index (χ4n) is 2.60. The van der Waals surface area contributed by atoms with Crippen LogP contribution in [0.1, 0.15) is 15.9 Å². The highest BCUT2D eigenvalue weighted by molar-refractivity contribution is 6.30. The third-order valence-corrected chi connectivity index (χ3v) is 4.13. The number of halogens is 1. The lowest BCUT2D eigenvalue weighted by atomic mass is 10.0. The molecule has 2 aromatic rings.